The predicted octanol–water partition coefficient (Wildman–Crippen LogP) is 3.13. The number of hydrogen-bond donors (Lipinski definition) is 1. The number of rotatable bonds is 2. The first-order valence-electron chi connectivity index (χ1n) is 5.85. The molecule has 1 aromatic carbocycles. The van der Waals surface area contributed by atoms with E-state index in [4.69, 9.17) is 17.3 Å². The molecule has 19 heavy (non-hydrogen) atoms. The molecule has 1 heterocycles. The standard InChI is InChI=1S/C15H11ClN3/c16-12-7-5-11(6-8-12)14-9-13(18-15(17)19-14)10-3-1-2-4-10/h1-9H,(H2,17,18,19). The van der Waals surface area contributed by atoms with Gasteiger partial charge in [-0.05, 0) is 43.9 Å². The first-order chi connectivity index (χ1) is 9.22. The highest BCUT2D eigenvalue weighted by Gasteiger charge is 2.21. The lowest BCUT2D eigenvalue weighted by molar-refractivity contribution is 1.09. The highest BCUT2D eigenvalue weighted by atomic mass is 35.5. The largest absolute Gasteiger partial charge is 0.368 e. The van der Waals surface area contributed by atoms with Crippen LogP contribution in [-0.2, 0) is 0 Å². The van der Waals surface area contributed by atoms with Crippen LogP contribution in [-0.4, -0.2) is 9.97 Å². The van der Waals surface area contributed by atoms with Crippen LogP contribution >= 0.6 is 11.6 Å². The molecule has 0 saturated heterocycles. The second kappa shape index (κ2) is 5.17. The summed E-state index contributed by atoms with van der Waals surface area (Å²) in [4.78, 5) is 8.53. The molecular weight excluding hydrogens is 258 g/mol. The van der Waals surface area contributed by atoms with E-state index in [1.165, 1.54) is 0 Å². The summed E-state index contributed by atoms with van der Waals surface area (Å²) in [7, 11) is 0. The fourth-order valence-corrected chi connectivity index (χ4v) is 2.05. The molecule has 0 spiro atoms. The molecule has 0 aliphatic heterocycles. The Morgan fingerprint density at radius 1 is 0.895 bits per heavy atom. The van der Waals surface area contributed by atoms with E-state index in [1.54, 1.807) is 0 Å². The quantitative estimate of drug-likeness (QED) is 0.910. The summed E-state index contributed by atoms with van der Waals surface area (Å²) in [5.41, 5.74) is 8.36. The van der Waals surface area contributed by atoms with Crippen LogP contribution in [0, 0.1) is 31.6 Å². The molecule has 1 aromatic heterocycles. The molecule has 0 bridgehead atoms. The van der Waals surface area contributed by atoms with Gasteiger partial charge >= 0.3 is 0 Å². The van der Waals surface area contributed by atoms with Gasteiger partial charge in [-0.25, -0.2) is 9.97 Å². The van der Waals surface area contributed by atoms with Gasteiger partial charge in [0.2, 0.25) is 5.95 Å². The van der Waals surface area contributed by atoms with Gasteiger partial charge < -0.3 is 5.73 Å². The second-order valence-electron chi connectivity index (χ2n) is 4.18. The molecule has 4 heteroatoms. The van der Waals surface area contributed by atoms with E-state index in [1.807, 2.05) is 56.0 Å². The van der Waals surface area contributed by atoms with Crippen molar-refractivity contribution in [3.63, 3.8) is 0 Å². The van der Waals surface area contributed by atoms with Crippen molar-refractivity contribution < 1.29 is 0 Å². The monoisotopic (exact) mass is 268 g/mol. The first kappa shape index (κ1) is 12.4. The van der Waals surface area contributed by atoms with Gasteiger partial charge in [-0.3, -0.25) is 0 Å². The zero-order chi connectivity index (χ0) is 13.2. The third-order valence-electron chi connectivity index (χ3n) is 2.84. The lowest BCUT2D eigenvalue weighted by Crippen LogP contribution is -2.05. The predicted molar refractivity (Wildman–Crippen MR) is 76.4 cm³/mol. The van der Waals surface area contributed by atoms with Crippen LogP contribution in [0.1, 0.15) is 5.69 Å². The van der Waals surface area contributed by atoms with Gasteiger partial charge in [0.15, 0.2) is 0 Å². The number of aromatic nitrogens is 2. The Hall–Kier alpha value is -1.61. The maximum atomic E-state index is 5.89. The summed E-state index contributed by atoms with van der Waals surface area (Å²) >= 11 is 5.89. The lowest BCUT2D eigenvalue weighted by atomic mass is 10.0. The van der Waals surface area contributed by atoms with Gasteiger partial charge in [-0.1, -0.05) is 23.7 Å². The summed E-state index contributed by atoms with van der Waals surface area (Å²) in [5.74, 6) is 1.30. The highest BCUT2D eigenvalue weighted by molar-refractivity contribution is 6.30. The van der Waals surface area contributed by atoms with Gasteiger partial charge in [0.25, 0.3) is 0 Å². The number of halogens is 1. The van der Waals surface area contributed by atoms with Crippen molar-refractivity contribution in [2.75, 3.05) is 5.73 Å². The van der Waals surface area contributed by atoms with E-state index >= 15 is 0 Å². The van der Waals surface area contributed by atoms with Crippen molar-refractivity contribution in [3.05, 3.63) is 72.6 Å². The Morgan fingerprint density at radius 2 is 1.53 bits per heavy atom. The maximum Gasteiger partial charge on any atom is 0.220 e. The summed E-state index contributed by atoms with van der Waals surface area (Å²) in [6.45, 7) is 0. The zero-order valence-corrected chi connectivity index (χ0v) is 10.8. The molecule has 2 aromatic rings. The molecule has 93 valence electrons. The van der Waals surface area contributed by atoms with Gasteiger partial charge in [0, 0.05) is 16.5 Å². The average molecular weight is 269 g/mol. The minimum absolute atomic E-state index is 0.267. The molecule has 1 saturated carbocycles. The number of hydrogen-bond acceptors (Lipinski definition) is 3. The fourth-order valence-electron chi connectivity index (χ4n) is 1.93. The van der Waals surface area contributed by atoms with Crippen molar-refractivity contribution in [1.29, 1.82) is 0 Å². The molecule has 0 amide bonds. The SMILES string of the molecule is Nc1nc([C]2[CH][CH][CH][CH]2)cc(-c2ccc(Cl)cc2)n1. The van der Waals surface area contributed by atoms with Crippen LogP contribution < -0.4 is 5.73 Å². The summed E-state index contributed by atoms with van der Waals surface area (Å²) in [6, 6.07) is 9.42. The van der Waals surface area contributed by atoms with Crippen LogP contribution in [0.3, 0.4) is 0 Å². The van der Waals surface area contributed by atoms with Crippen molar-refractivity contribution >= 4 is 17.5 Å². The molecule has 3 rings (SSSR count). The molecule has 0 atom stereocenters. The van der Waals surface area contributed by atoms with E-state index in [2.05, 4.69) is 9.97 Å². The average Bonchev–Trinajstić information content (AvgIpc) is 2.93. The molecule has 1 aliphatic carbocycles. The topological polar surface area (TPSA) is 51.8 Å². The van der Waals surface area contributed by atoms with Gasteiger partial charge in [-0.15, -0.1) is 0 Å². The number of nitrogens with zero attached hydrogens (tertiary/aromatic N) is 2. The fraction of sp³-hybridized carbons (Fsp3) is 0. The molecule has 3 nitrogen and oxygen atoms in total. The molecule has 1 aliphatic rings. The van der Waals surface area contributed by atoms with E-state index in [0.717, 1.165) is 22.9 Å². The van der Waals surface area contributed by atoms with Crippen molar-refractivity contribution in [3.8, 4) is 11.3 Å². The number of nitrogen functional groups attached to an aromatic ring is 1. The Kier molecular flexibility index (Phi) is 3.38. The summed E-state index contributed by atoms with van der Waals surface area (Å²) in [6.07, 6.45) is 7.92. The Bertz CT molecular complexity index is 574. The molecule has 5 radical (unpaired) electrons. The Morgan fingerprint density at radius 3 is 2.21 bits per heavy atom. The molecule has 0 unspecified atom stereocenters. The summed E-state index contributed by atoms with van der Waals surface area (Å²) < 4.78 is 0. The van der Waals surface area contributed by atoms with E-state index < -0.39 is 0 Å². The third-order valence-corrected chi connectivity index (χ3v) is 3.09. The molecule has 1 fully saturated rings. The van der Waals surface area contributed by atoms with E-state index in [9.17, 15) is 0 Å². The van der Waals surface area contributed by atoms with Gasteiger partial charge in [0.1, 0.15) is 0 Å². The van der Waals surface area contributed by atoms with E-state index in [0.29, 0.717) is 5.02 Å². The summed E-state index contributed by atoms with van der Waals surface area (Å²) in [5, 5.41) is 0.696. The third kappa shape index (κ3) is 2.71. The van der Waals surface area contributed by atoms with Crippen LogP contribution in [0.2, 0.25) is 5.02 Å². The highest BCUT2D eigenvalue weighted by Crippen LogP contribution is 2.31. The molecule has 2 N–H and O–H groups in total. The number of benzene rings is 1. The Labute approximate surface area is 117 Å². The first-order valence-corrected chi connectivity index (χ1v) is 6.23. The van der Waals surface area contributed by atoms with Crippen LogP contribution in [0.25, 0.3) is 11.3 Å². The minimum Gasteiger partial charge on any atom is -0.368 e. The van der Waals surface area contributed by atoms with Crippen LogP contribution in [0.5, 0.6) is 0 Å². The second-order valence-corrected chi connectivity index (χ2v) is 4.61. The van der Waals surface area contributed by atoms with Crippen molar-refractivity contribution in [2.24, 2.45) is 0 Å². The van der Waals surface area contributed by atoms with Gasteiger partial charge in [0.05, 0.1) is 11.4 Å². The Balaban J connectivity index is 1.99. The van der Waals surface area contributed by atoms with Crippen molar-refractivity contribution in [1.82, 2.24) is 9.97 Å². The zero-order valence-electron chi connectivity index (χ0n) is 10.0. The van der Waals surface area contributed by atoms with Crippen LogP contribution in [0.4, 0.5) is 5.95 Å². The maximum absolute atomic E-state index is 5.89. The normalized spacial score (nSPS) is 15.8. The number of nitrogens with two attached hydrogens (primary N) is 1. The van der Waals surface area contributed by atoms with E-state index in [-0.39, 0.29) is 5.95 Å². The molecular formula is C15H11ClN3. The lowest BCUT2D eigenvalue weighted by Gasteiger charge is -2.10. The van der Waals surface area contributed by atoms with Crippen LogP contribution in [0.15, 0.2) is 30.3 Å². The van der Waals surface area contributed by atoms with Crippen molar-refractivity contribution in [2.45, 2.75) is 0 Å². The smallest absolute Gasteiger partial charge is 0.220 e. The van der Waals surface area contributed by atoms with Gasteiger partial charge in [-0.2, -0.15) is 0 Å². The number of anilines is 1. The minimum atomic E-state index is 0.267.